The first kappa shape index (κ1) is 35.0. The van der Waals surface area contributed by atoms with Crippen LogP contribution >= 0.6 is 0 Å². The number of hydrogen-bond donors (Lipinski definition) is 4. The van der Waals surface area contributed by atoms with Crippen molar-refractivity contribution in [1.29, 1.82) is 0 Å². The van der Waals surface area contributed by atoms with Crippen LogP contribution in [0.4, 0.5) is 15.3 Å². The molecule has 0 bridgehead atoms. The molecule has 4 fully saturated rings. The minimum atomic E-state index is -0.623. The van der Waals surface area contributed by atoms with Gasteiger partial charge in [0.25, 0.3) is 0 Å². The van der Waals surface area contributed by atoms with Gasteiger partial charge in [-0.2, -0.15) is 0 Å². The van der Waals surface area contributed by atoms with Gasteiger partial charge in [-0.3, -0.25) is 14.4 Å². The molecule has 52 heavy (non-hydrogen) atoms. The molecule has 0 spiro atoms. The number of rotatable bonds is 11. The fraction of sp³-hybridized carbons (Fsp3) is 0.474. The van der Waals surface area contributed by atoms with E-state index < -0.39 is 24.3 Å². The van der Waals surface area contributed by atoms with Crippen molar-refractivity contribution in [2.75, 3.05) is 39.2 Å². The van der Waals surface area contributed by atoms with E-state index in [0.717, 1.165) is 66.7 Å². The predicted octanol–water partition coefficient (Wildman–Crippen LogP) is 4.46. The van der Waals surface area contributed by atoms with Crippen LogP contribution in [-0.4, -0.2) is 95.6 Å². The van der Waals surface area contributed by atoms with Crippen LogP contribution in [0.15, 0.2) is 54.7 Å². The van der Waals surface area contributed by atoms with Gasteiger partial charge >= 0.3 is 12.2 Å². The third kappa shape index (κ3) is 7.75. The highest BCUT2D eigenvalue weighted by atomic mass is 16.5. The standard InChI is InChI=1S/C38H45N7O7/c1-51-37(49)42-31(25-9-10-25)35(47)44-19-17-27(21-44)34(46)40-28-15-13-23(14-16-28)22-5-7-24(8-6-22)29-20-39-33(41-29)30-4-3-18-45(30)36(48)32(26-11-12-26)43-38(50)52-2/h5-8,13-16,20,25-27,30-32H,3-4,9-12,17-19,21H2,1-2H3,(H,39,41)(H,40,46)(H,42,49)(H,43,50)/t27-,30-,31?,32?/m0/s1. The molecule has 2 aliphatic carbocycles. The van der Waals surface area contributed by atoms with E-state index in [-0.39, 0.29) is 41.5 Å². The van der Waals surface area contributed by atoms with Gasteiger partial charge < -0.3 is 40.2 Å². The summed E-state index contributed by atoms with van der Waals surface area (Å²) < 4.78 is 9.46. The fourth-order valence-electron chi connectivity index (χ4n) is 7.34. The number of amides is 5. The molecule has 4 N–H and O–H groups in total. The lowest BCUT2D eigenvalue weighted by atomic mass is 10.0. The molecule has 1 aromatic heterocycles. The Labute approximate surface area is 302 Å². The maximum Gasteiger partial charge on any atom is 0.407 e. The molecule has 14 nitrogen and oxygen atoms in total. The summed E-state index contributed by atoms with van der Waals surface area (Å²) in [4.78, 5) is 75.1. The van der Waals surface area contributed by atoms with Crippen LogP contribution in [0.3, 0.4) is 0 Å². The van der Waals surface area contributed by atoms with Crippen LogP contribution < -0.4 is 16.0 Å². The zero-order chi connectivity index (χ0) is 36.4. The molecule has 4 aliphatic rings. The van der Waals surface area contributed by atoms with E-state index in [1.807, 2.05) is 53.4 Å². The van der Waals surface area contributed by atoms with Crippen molar-refractivity contribution in [1.82, 2.24) is 30.4 Å². The lowest BCUT2D eigenvalue weighted by Gasteiger charge is -2.28. The number of imidazole rings is 1. The summed E-state index contributed by atoms with van der Waals surface area (Å²) in [6.07, 6.45) is 6.37. The molecular weight excluding hydrogens is 666 g/mol. The summed E-state index contributed by atoms with van der Waals surface area (Å²) in [7, 11) is 2.58. The van der Waals surface area contributed by atoms with Crippen molar-refractivity contribution in [2.45, 2.75) is 63.1 Å². The molecule has 2 unspecified atom stereocenters. The molecule has 274 valence electrons. The summed E-state index contributed by atoms with van der Waals surface area (Å²) in [5.41, 5.74) is 4.48. The molecule has 0 radical (unpaired) electrons. The van der Waals surface area contributed by atoms with E-state index in [9.17, 15) is 24.0 Å². The smallest absolute Gasteiger partial charge is 0.407 e. The Kier molecular flexibility index (Phi) is 10.1. The summed E-state index contributed by atoms with van der Waals surface area (Å²) in [5, 5.41) is 8.40. The van der Waals surface area contributed by atoms with Gasteiger partial charge in [0.05, 0.1) is 38.1 Å². The number of ether oxygens (including phenoxy) is 2. The van der Waals surface area contributed by atoms with Crippen LogP contribution in [-0.2, 0) is 23.9 Å². The van der Waals surface area contributed by atoms with E-state index in [1.54, 1.807) is 11.1 Å². The van der Waals surface area contributed by atoms with Crippen molar-refractivity contribution >= 4 is 35.6 Å². The van der Waals surface area contributed by atoms with Crippen LogP contribution in [0.1, 0.15) is 56.8 Å². The molecule has 3 heterocycles. The highest BCUT2D eigenvalue weighted by molar-refractivity contribution is 5.94. The monoisotopic (exact) mass is 711 g/mol. The molecule has 2 saturated carbocycles. The zero-order valence-corrected chi connectivity index (χ0v) is 29.4. The maximum absolute atomic E-state index is 13.5. The number of anilines is 1. The number of nitrogens with zero attached hydrogens (tertiary/aromatic N) is 3. The Bertz CT molecular complexity index is 1800. The van der Waals surface area contributed by atoms with Crippen molar-refractivity contribution in [3.8, 4) is 22.4 Å². The maximum atomic E-state index is 13.5. The SMILES string of the molecule is COC(=O)NC(C(=O)N1CC[C@H](C(=O)Nc2ccc(-c3ccc(-c4cnc([C@@H]5CCCN5C(=O)C(NC(=O)OC)C5CC5)[nH]4)cc3)cc2)C1)C1CC1. The molecule has 14 heteroatoms. The second kappa shape index (κ2) is 15.1. The molecule has 3 aromatic rings. The van der Waals surface area contributed by atoms with E-state index in [4.69, 9.17) is 9.47 Å². The van der Waals surface area contributed by atoms with E-state index in [1.165, 1.54) is 14.2 Å². The average Bonchev–Trinajstić information content (AvgIpc) is 4.02. The molecule has 5 amide bonds. The number of likely N-dealkylation sites (tertiary alicyclic amines) is 2. The van der Waals surface area contributed by atoms with Crippen molar-refractivity contribution in [3.05, 3.63) is 60.6 Å². The number of H-pyrrole nitrogens is 1. The van der Waals surface area contributed by atoms with Gasteiger partial charge in [0, 0.05) is 25.3 Å². The highest BCUT2D eigenvalue weighted by Gasteiger charge is 2.44. The van der Waals surface area contributed by atoms with Gasteiger partial charge in [0.1, 0.15) is 17.9 Å². The topological polar surface area (TPSA) is 175 Å². The Morgan fingerprint density at radius 1 is 0.750 bits per heavy atom. The third-order valence-corrected chi connectivity index (χ3v) is 10.6. The third-order valence-electron chi connectivity index (χ3n) is 10.6. The van der Waals surface area contributed by atoms with Crippen LogP contribution in [0.5, 0.6) is 0 Å². The van der Waals surface area contributed by atoms with Gasteiger partial charge in [0.15, 0.2) is 0 Å². The number of benzene rings is 2. The number of aromatic nitrogens is 2. The zero-order valence-electron chi connectivity index (χ0n) is 29.4. The lowest BCUT2D eigenvalue weighted by Crippen LogP contribution is -2.49. The first-order valence-corrected chi connectivity index (χ1v) is 18.1. The van der Waals surface area contributed by atoms with E-state index >= 15 is 0 Å². The Morgan fingerprint density at radius 2 is 1.33 bits per heavy atom. The number of methoxy groups -OCH3 is 2. The van der Waals surface area contributed by atoms with E-state index in [2.05, 4.69) is 25.9 Å². The quantitative estimate of drug-likeness (QED) is 0.226. The largest absolute Gasteiger partial charge is 0.453 e. The summed E-state index contributed by atoms with van der Waals surface area (Å²) >= 11 is 0. The minimum Gasteiger partial charge on any atom is -0.453 e. The number of aromatic amines is 1. The van der Waals surface area contributed by atoms with Gasteiger partial charge in [-0.1, -0.05) is 36.4 Å². The van der Waals surface area contributed by atoms with Gasteiger partial charge in [0.2, 0.25) is 17.7 Å². The first-order chi connectivity index (χ1) is 25.2. The van der Waals surface area contributed by atoms with Crippen LogP contribution in [0, 0.1) is 17.8 Å². The Morgan fingerprint density at radius 3 is 1.92 bits per heavy atom. The normalized spacial score (nSPS) is 20.9. The molecule has 4 atom stereocenters. The van der Waals surface area contributed by atoms with Crippen LogP contribution in [0.2, 0.25) is 0 Å². The van der Waals surface area contributed by atoms with Crippen molar-refractivity contribution in [2.24, 2.45) is 17.8 Å². The van der Waals surface area contributed by atoms with Crippen molar-refractivity contribution < 1.29 is 33.4 Å². The van der Waals surface area contributed by atoms with Gasteiger partial charge in [-0.25, -0.2) is 14.6 Å². The number of carbonyl (C=O) groups is 5. The second-order valence-corrected chi connectivity index (χ2v) is 14.2. The first-order valence-electron chi connectivity index (χ1n) is 18.1. The molecule has 2 saturated heterocycles. The lowest BCUT2D eigenvalue weighted by molar-refractivity contribution is -0.135. The van der Waals surface area contributed by atoms with Crippen LogP contribution in [0.25, 0.3) is 22.4 Å². The number of nitrogens with one attached hydrogen (secondary N) is 4. The summed E-state index contributed by atoms with van der Waals surface area (Å²) in [6.45, 7) is 1.39. The molecular formula is C38H45N7O7. The minimum absolute atomic E-state index is 0.0892. The Hall–Kier alpha value is -5.40. The second-order valence-electron chi connectivity index (χ2n) is 14.2. The fourth-order valence-corrected chi connectivity index (χ4v) is 7.34. The van der Waals surface area contributed by atoms with Crippen molar-refractivity contribution in [3.63, 3.8) is 0 Å². The molecule has 2 aliphatic heterocycles. The molecule has 2 aromatic carbocycles. The number of carbonyl (C=O) groups excluding carboxylic acids is 5. The predicted molar refractivity (Wildman–Crippen MR) is 191 cm³/mol. The average molecular weight is 712 g/mol. The van der Waals surface area contributed by atoms with E-state index in [0.29, 0.717) is 31.7 Å². The summed E-state index contributed by atoms with van der Waals surface area (Å²) in [5.74, 6) is 0.258. The number of hydrogen-bond acceptors (Lipinski definition) is 8. The van der Waals surface area contributed by atoms with Gasteiger partial charge in [-0.15, -0.1) is 0 Å². The number of alkyl carbamates (subject to hydrolysis) is 2. The Balaban J connectivity index is 0.934. The molecule has 7 rings (SSSR count). The summed E-state index contributed by atoms with van der Waals surface area (Å²) in [6, 6.07) is 14.4. The highest BCUT2D eigenvalue weighted by Crippen LogP contribution is 2.38. The van der Waals surface area contributed by atoms with Gasteiger partial charge in [-0.05, 0) is 85.6 Å².